The van der Waals surface area contributed by atoms with Crippen LogP contribution in [0.15, 0.2) is 83.8 Å². The summed E-state index contributed by atoms with van der Waals surface area (Å²) in [5.74, 6) is -0.324. The van der Waals surface area contributed by atoms with E-state index in [0.717, 1.165) is 11.3 Å². The van der Waals surface area contributed by atoms with Gasteiger partial charge in [-0.05, 0) is 42.3 Å². The van der Waals surface area contributed by atoms with Crippen LogP contribution in [-0.4, -0.2) is 39.5 Å². The molecule has 0 aromatic heterocycles. The molecule has 3 aromatic carbocycles. The first-order valence-corrected chi connectivity index (χ1v) is 11.4. The number of anilines is 1. The number of amides is 1. The Morgan fingerprint density at radius 1 is 0.968 bits per heavy atom. The summed E-state index contributed by atoms with van der Waals surface area (Å²) in [6.45, 7) is 0.426. The van der Waals surface area contributed by atoms with Crippen molar-refractivity contribution in [2.75, 3.05) is 25.6 Å². The van der Waals surface area contributed by atoms with Gasteiger partial charge in [0.1, 0.15) is 4.90 Å². The van der Waals surface area contributed by atoms with Crippen molar-refractivity contribution in [3.8, 4) is 0 Å². The van der Waals surface area contributed by atoms with Crippen LogP contribution in [0.4, 0.5) is 5.69 Å². The number of nitrogens with zero attached hydrogens (tertiary/aromatic N) is 2. The number of carbonyl (C=O) groups excluding carboxylic acids is 1. The van der Waals surface area contributed by atoms with Crippen LogP contribution < -0.4 is 4.90 Å². The molecule has 31 heavy (non-hydrogen) atoms. The molecule has 0 heterocycles. The molecule has 0 saturated heterocycles. The van der Waals surface area contributed by atoms with Gasteiger partial charge in [-0.3, -0.25) is 9.63 Å². The van der Waals surface area contributed by atoms with E-state index in [-0.39, 0.29) is 21.4 Å². The smallest absolute Gasteiger partial charge is 0.266 e. The van der Waals surface area contributed by atoms with E-state index >= 15 is 0 Å². The zero-order valence-electron chi connectivity index (χ0n) is 17.2. The van der Waals surface area contributed by atoms with Gasteiger partial charge < -0.3 is 4.90 Å². The van der Waals surface area contributed by atoms with E-state index in [0.29, 0.717) is 17.4 Å². The molecule has 0 bridgehead atoms. The van der Waals surface area contributed by atoms with Crippen molar-refractivity contribution in [3.63, 3.8) is 0 Å². The van der Waals surface area contributed by atoms with E-state index in [1.165, 1.54) is 32.4 Å². The Bertz CT molecular complexity index is 1140. The van der Waals surface area contributed by atoms with Crippen LogP contribution in [0.25, 0.3) is 0 Å². The van der Waals surface area contributed by atoms with Crippen molar-refractivity contribution in [2.24, 2.45) is 0 Å². The average Bonchev–Trinajstić information content (AvgIpc) is 2.80. The molecule has 1 amide bonds. The highest BCUT2D eigenvalue weighted by Gasteiger charge is 2.26. The summed E-state index contributed by atoms with van der Waals surface area (Å²) < 4.78 is 26.1. The van der Waals surface area contributed by atoms with Crippen LogP contribution >= 0.6 is 11.6 Å². The fourth-order valence-electron chi connectivity index (χ4n) is 3.07. The molecule has 3 rings (SSSR count). The van der Waals surface area contributed by atoms with E-state index in [4.69, 9.17) is 16.4 Å². The molecule has 0 N–H and O–H groups in total. The Labute approximate surface area is 187 Å². The highest BCUT2D eigenvalue weighted by molar-refractivity contribution is 7.89. The van der Waals surface area contributed by atoms with Gasteiger partial charge >= 0.3 is 0 Å². The lowest BCUT2D eigenvalue weighted by Crippen LogP contribution is -2.33. The molecule has 6 nitrogen and oxygen atoms in total. The van der Waals surface area contributed by atoms with E-state index in [1.54, 1.807) is 4.90 Å². The van der Waals surface area contributed by atoms with Gasteiger partial charge in [-0.2, -0.15) is 0 Å². The number of para-hydroxylation sites is 1. The maximum absolute atomic E-state index is 13.4. The van der Waals surface area contributed by atoms with E-state index in [9.17, 15) is 13.2 Å². The van der Waals surface area contributed by atoms with Gasteiger partial charge in [0.2, 0.25) is 0 Å². The average molecular weight is 459 g/mol. The molecule has 0 spiro atoms. The van der Waals surface area contributed by atoms with Gasteiger partial charge in [0.25, 0.3) is 15.9 Å². The summed E-state index contributed by atoms with van der Waals surface area (Å²) in [5.41, 5.74) is 2.03. The summed E-state index contributed by atoms with van der Waals surface area (Å²) >= 11 is 6.14. The summed E-state index contributed by atoms with van der Waals surface area (Å²) in [5, 5.41) is 0.0102. The number of hydroxylamine groups is 1. The molecular weight excluding hydrogens is 436 g/mol. The van der Waals surface area contributed by atoms with Crippen LogP contribution in [0, 0.1) is 0 Å². The van der Waals surface area contributed by atoms with E-state index in [2.05, 4.69) is 0 Å². The summed E-state index contributed by atoms with van der Waals surface area (Å²) in [4.78, 5) is 19.7. The highest BCUT2D eigenvalue weighted by Crippen LogP contribution is 2.27. The maximum atomic E-state index is 13.4. The Balaban J connectivity index is 1.97. The predicted octanol–water partition coefficient (Wildman–Crippen LogP) is 4.41. The second kappa shape index (κ2) is 10.1. The predicted molar refractivity (Wildman–Crippen MR) is 122 cm³/mol. The minimum Gasteiger partial charge on any atom is -0.308 e. The number of rotatable bonds is 8. The lowest BCUT2D eigenvalue weighted by molar-refractivity contribution is -0.0258. The number of halogens is 1. The zero-order chi connectivity index (χ0) is 22.4. The molecular formula is C23H23ClN2O4S. The van der Waals surface area contributed by atoms with Gasteiger partial charge in [-0.15, -0.1) is 0 Å². The Morgan fingerprint density at radius 2 is 1.58 bits per heavy atom. The molecule has 0 radical (unpaired) electrons. The molecule has 162 valence electrons. The second-order valence-electron chi connectivity index (χ2n) is 6.77. The first-order valence-electron chi connectivity index (χ1n) is 9.58. The topological polar surface area (TPSA) is 66.9 Å². The SMILES string of the molecule is CON(C)S(=O)(=O)c1cc(C(=O)N(CCc2ccccc2)c2ccccc2)ccc1Cl. The van der Waals surface area contributed by atoms with Crippen molar-refractivity contribution < 1.29 is 18.0 Å². The largest absolute Gasteiger partial charge is 0.308 e. The second-order valence-corrected chi connectivity index (χ2v) is 9.08. The van der Waals surface area contributed by atoms with Crippen LogP contribution in [-0.2, 0) is 21.3 Å². The Morgan fingerprint density at radius 3 is 2.19 bits per heavy atom. The summed E-state index contributed by atoms with van der Waals surface area (Å²) in [6, 6.07) is 23.3. The molecule has 8 heteroatoms. The van der Waals surface area contributed by atoms with Crippen LogP contribution in [0.5, 0.6) is 0 Å². The van der Waals surface area contributed by atoms with Gasteiger partial charge in [-0.25, -0.2) is 8.42 Å². The van der Waals surface area contributed by atoms with Crippen molar-refractivity contribution >= 4 is 33.2 Å². The van der Waals surface area contributed by atoms with Crippen LogP contribution in [0.2, 0.25) is 5.02 Å². The van der Waals surface area contributed by atoms with Crippen LogP contribution in [0.1, 0.15) is 15.9 Å². The fraction of sp³-hybridized carbons (Fsp3) is 0.174. The molecule has 0 saturated carbocycles. The third kappa shape index (κ3) is 5.32. The first-order chi connectivity index (χ1) is 14.8. The molecule has 0 atom stereocenters. The number of carbonyl (C=O) groups is 1. The van der Waals surface area contributed by atoms with Crippen molar-refractivity contribution in [3.05, 3.63) is 95.0 Å². The molecule has 0 fully saturated rings. The lowest BCUT2D eigenvalue weighted by Gasteiger charge is -2.24. The quantitative estimate of drug-likeness (QED) is 0.469. The minimum atomic E-state index is -4.01. The normalized spacial score (nSPS) is 11.5. The number of sulfonamides is 1. The molecule has 0 unspecified atom stereocenters. The zero-order valence-corrected chi connectivity index (χ0v) is 18.8. The first kappa shape index (κ1) is 23.0. The minimum absolute atomic E-state index is 0.0102. The third-order valence-corrected chi connectivity index (χ3v) is 6.99. The fourth-order valence-corrected chi connectivity index (χ4v) is 4.54. The standard InChI is InChI=1S/C23H23ClN2O4S/c1-25(30-2)31(28,29)22-17-19(13-14-21(22)24)23(27)26(20-11-7-4-8-12-20)16-15-18-9-5-3-6-10-18/h3-14,17H,15-16H2,1-2H3. The number of benzene rings is 3. The Kier molecular flexibility index (Phi) is 7.46. The van der Waals surface area contributed by atoms with Crippen molar-refractivity contribution in [1.82, 2.24) is 4.47 Å². The number of hydrogen-bond acceptors (Lipinski definition) is 4. The molecule has 3 aromatic rings. The highest BCUT2D eigenvalue weighted by atomic mass is 35.5. The van der Waals surface area contributed by atoms with Gasteiger partial charge in [0.15, 0.2) is 0 Å². The lowest BCUT2D eigenvalue weighted by atomic mass is 10.1. The van der Waals surface area contributed by atoms with Crippen molar-refractivity contribution in [2.45, 2.75) is 11.3 Å². The van der Waals surface area contributed by atoms with Crippen molar-refractivity contribution in [1.29, 1.82) is 0 Å². The summed E-state index contributed by atoms with van der Waals surface area (Å²) in [7, 11) is -1.52. The number of hydrogen-bond donors (Lipinski definition) is 0. The monoisotopic (exact) mass is 458 g/mol. The summed E-state index contributed by atoms with van der Waals surface area (Å²) in [6.07, 6.45) is 0.645. The maximum Gasteiger partial charge on any atom is 0.266 e. The molecule has 0 aliphatic rings. The van der Waals surface area contributed by atoms with E-state index in [1.807, 2.05) is 60.7 Å². The van der Waals surface area contributed by atoms with Crippen LogP contribution in [0.3, 0.4) is 0 Å². The van der Waals surface area contributed by atoms with E-state index < -0.39 is 10.0 Å². The van der Waals surface area contributed by atoms with Gasteiger partial charge in [-0.1, -0.05) is 64.6 Å². The molecule has 0 aliphatic carbocycles. The Hall–Kier alpha value is -2.71. The van der Waals surface area contributed by atoms with Gasteiger partial charge in [0, 0.05) is 24.8 Å². The van der Waals surface area contributed by atoms with Gasteiger partial charge in [0.05, 0.1) is 12.1 Å². The third-order valence-electron chi connectivity index (χ3n) is 4.83. The molecule has 0 aliphatic heterocycles.